The molecule has 0 aliphatic carbocycles. The maximum absolute atomic E-state index is 13.9. The van der Waals surface area contributed by atoms with Crippen molar-refractivity contribution in [1.82, 2.24) is 19.2 Å². The van der Waals surface area contributed by atoms with Crippen molar-refractivity contribution in [1.29, 1.82) is 0 Å². The van der Waals surface area contributed by atoms with Crippen LogP contribution in [0.3, 0.4) is 0 Å². The number of carbonyl (C=O) groups excluding carboxylic acids is 1. The highest BCUT2D eigenvalue weighted by molar-refractivity contribution is 7.15. The molecule has 0 aliphatic heterocycles. The van der Waals surface area contributed by atoms with Crippen molar-refractivity contribution in [3.05, 3.63) is 98.5 Å². The molecule has 7 nitrogen and oxygen atoms in total. The first-order chi connectivity index (χ1) is 17.2. The van der Waals surface area contributed by atoms with Crippen LogP contribution in [-0.4, -0.2) is 25.1 Å². The normalized spacial score (nSPS) is 11.2. The van der Waals surface area contributed by atoms with E-state index in [0.29, 0.717) is 39.0 Å². The molecular weight excluding hydrogens is 484 g/mol. The number of nitrogens with one attached hydrogen (secondary N) is 1. The molecule has 3 heterocycles. The van der Waals surface area contributed by atoms with Gasteiger partial charge in [0.25, 0.3) is 5.56 Å². The van der Waals surface area contributed by atoms with Gasteiger partial charge in [0.1, 0.15) is 17.3 Å². The quantitative estimate of drug-likeness (QED) is 0.365. The highest BCUT2D eigenvalue weighted by Gasteiger charge is 2.20. The topological polar surface area (TPSA) is 81.3 Å². The fraction of sp³-hybridized carbons (Fsp3) is 0.154. The maximum Gasteiger partial charge on any atom is 0.268 e. The summed E-state index contributed by atoms with van der Waals surface area (Å²) >= 11 is 1.26. The molecule has 3 aromatic heterocycles. The van der Waals surface area contributed by atoms with Crippen LogP contribution < -0.4 is 10.9 Å². The largest absolute Gasteiger partial charge is 0.326 e. The first-order valence-electron chi connectivity index (χ1n) is 11.1. The lowest BCUT2D eigenvalue weighted by Crippen LogP contribution is -2.22. The van der Waals surface area contributed by atoms with E-state index < -0.39 is 5.82 Å². The maximum atomic E-state index is 13.9. The van der Waals surface area contributed by atoms with E-state index in [4.69, 9.17) is 0 Å². The van der Waals surface area contributed by atoms with Crippen molar-refractivity contribution in [2.75, 3.05) is 5.32 Å². The van der Waals surface area contributed by atoms with E-state index in [1.807, 2.05) is 13.8 Å². The van der Waals surface area contributed by atoms with Gasteiger partial charge in [-0.1, -0.05) is 6.07 Å². The summed E-state index contributed by atoms with van der Waals surface area (Å²) in [6.07, 6.45) is -0.0720. The molecule has 5 rings (SSSR count). The van der Waals surface area contributed by atoms with Gasteiger partial charge >= 0.3 is 0 Å². The van der Waals surface area contributed by atoms with Gasteiger partial charge in [0.15, 0.2) is 4.96 Å². The highest BCUT2D eigenvalue weighted by atomic mass is 32.1. The number of hydrogen-bond acceptors (Lipinski definition) is 5. The number of amides is 1. The van der Waals surface area contributed by atoms with Gasteiger partial charge in [-0.2, -0.15) is 5.10 Å². The van der Waals surface area contributed by atoms with Crippen molar-refractivity contribution in [3.8, 4) is 16.9 Å². The van der Waals surface area contributed by atoms with Gasteiger partial charge in [0, 0.05) is 22.5 Å². The number of thiazole rings is 1. The smallest absolute Gasteiger partial charge is 0.268 e. The predicted molar refractivity (Wildman–Crippen MR) is 135 cm³/mol. The molecule has 0 fully saturated rings. The first-order valence-corrected chi connectivity index (χ1v) is 12.0. The molecule has 5 aromatic rings. The minimum Gasteiger partial charge on any atom is -0.326 e. The third-order valence-corrected chi connectivity index (χ3v) is 6.71. The number of halogens is 2. The van der Waals surface area contributed by atoms with Crippen molar-refractivity contribution >= 4 is 27.9 Å². The van der Waals surface area contributed by atoms with Crippen LogP contribution >= 0.6 is 11.3 Å². The molecule has 0 bridgehead atoms. The number of aryl methyl sites for hydroxylation is 3. The molecule has 0 unspecified atom stereocenters. The Morgan fingerprint density at radius 2 is 1.75 bits per heavy atom. The van der Waals surface area contributed by atoms with Crippen LogP contribution in [0.4, 0.5) is 14.5 Å². The molecule has 2 aromatic carbocycles. The molecule has 0 radical (unpaired) electrons. The number of nitrogens with zero attached hydrogens (tertiary/aromatic N) is 4. The van der Waals surface area contributed by atoms with Crippen molar-refractivity contribution in [3.63, 3.8) is 0 Å². The zero-order valence-corrected chi connectivity index (χ0v) is 20.5. The minimum atomic E-state index is -0.400. The SMILES string of the molecule is Cc1ccc(F)cc1-n1nc(-c2c(C)nc3scc(CC(=O)Nc4ccc(F)cc4)n3c2=O)cc1C. The first kappa shape index (κ1) is 23.6. The Kier molecular flexibility index (Phi) is 5.97. The standard InChI is InChI=1S/C26H21F2N5O2S/c1-14-4-5-18(28)11-22(14)33-15(2)10-21(31-33)24-16(3)29-26-32(25(24)35)20(13-36-26)12-23(34)30-19-8-6-17(27)7-9-19/h4-11,13H,12H2,1-3H3,(H,30,34). The molecule has 1 amide bonds. The van der Waals surface area contributed by atoms with Crippen LogP contribution in [0.15, 0.2) is 58.7 Å². The van der Waals surface area contributed by atoms with Crippen molar-refractivity contribution in [2.24, 2.45) is 0 Å². The van der Waals surface area contributed by atoms with Gasteiger partial charge in [-0.15, -0.1) is 11.3 Å². The molecular formula is C26H21F2N5O2S. The lowest BCUT2D eigenvalue weighted by molar-refractivity contribution is -0.115. The second-order valence-corrected chi connectivity index (χ2v) is 9.30. The lowest BCUT2D eigenvalue weighted by atomic mass is 10.1. The number of benzene rings is 2. The van der Waals surface area contributed by atoms with Crippen LogP contribution in [0.1, 0.15) is 22.6 Å². The Bertz CT molecular complexity index is 1690. The van der Waals surface area contributed by atoms with Crippen LogP contribution in [-0.2, 0) is 11.2 Å². The molecule has 182 valence electrons. The molecule has 0 atom stereocenters. The fourth-order valence-corrected chi connectivity index (χ4v) is 5.00. The number of fused-ring (bicyclic) bond motifs is 1. The van der Waals surface area contributed by atoms with Gasteiger partial charge in [0.2, 0.25) is 5.91 Å². The average Bonchev–Trinajstić information content (AvgIpc) is 3.40. The zero-order chi connectivity index (χ0) is 25.6. The summed E-state index contributed by atoms with van der Waals surface area (Å²) in [5.41, 5.74) is 3.96. The molecule has 0 aliphatic rings. The summed E-state index contributed by atoms with van der Waals surface area (Å²) in [6.45, 7) is 5.42. The summed E-state index contributed by atoms with van der Waals surface area (Å²) < 4.78 is 30.1. The van der Waals surface area contributed by atoms with E-state index in [1.54, 1.807) is 29.1 Å². The van der Waals surface area contributed by atoms with E-state index >= 15 is 0 Å². The van der Waals surface area contributed by atoms with Gasteiger partial charge in [0.05, 0.1) is 23.4 Å². The molecule has 1 N–H and O–H groups in total. The molecule has 0 saturated carbocycles. The minimum absolute atomic E-state index is 0.0720. The molecule has 10 heteroatoms. The lowest BCUT2D eigenvalue weighted by Gasteiger charge is -2.08. The van der Waals surface area contributed by atoms with E-state index in [9.17, 15) is 18.4 Å². The number of anilines is 1. The third kappa shape index (κ3) is 4.31. The number of carbonyl (C=O) groups is 1. The Balaban J connectivity index is 1.53. The Hall–Kier alpha value is -4.18. The number of rotatable bonds is 5. The molecule has 0 saturated heterocycles. The second kappa shape index (κ2) is 9.12. The van der Waals surface area contributed by atoms with Crippen LogP contribution in [0, 0.1) is 32.4 Å². The summed E-state index contributed by atoms with van der Waals surface area (Å²) in [7, 11) is 0. The summed E-state index contributed by atoms with van der Waals surface area (Å²) in [5, 5.41) is 9.03. The number of hydrogen-bond donors (Lipinski definition) is 1. The summed E-state index contributed by atoms with van der Waals surface area (Å²) in [5.74, 6) is -1.13. The molecule has 0 spiro atoms. The van der Waals surface area contributed by atoms with Gasteiger partial charge < -0.3 is 5.32 Å². The van der Waals surface area contributed by atoms with Gasteiger partial charge in [-0.05, 0) is 68.8 Å². The van der Waals surface area contributed by atoms with E-state index in [1.165, 1.54) is 52.1 Å². The van der Waals surface area contributed by atoms with E-state index in [2.05, 4.69) is 15.4 Å². The van der Waals surface area contributed by atoms with Crippen LogP contribution in [0.25, 0.3) is 21.9 Å². The fourth-order valence-electron chi connectivity index (χ4n) is 4.08. The Labute approximate surface area is 208 Å². The van der Waals surface area contributed by atoms with E-state index in [0.717, 1.165) is 11.3 Å². The monoisotopic (exact) mass is 505 g/mol. The third-order valence-electron chi connectivity index (χ3n) is 5.83. The van der Waals surface area contributed by atoms with Crippen LogP contribution in [0.5, 0.6) is 0 Å². The molecule has 36 heavy (non-hydrogen) atoms. The van der Waals surface area contributed by atoms with Gasteiger partial charge in [-0.25, -0.2) is 18.4 Å². The van der Waals surface area contributed by atoms with Crippen LogP contribution in [0.2, 0.25) is 0 Å². The van der Waals surface area contributed by atoms with Crippen molar-refractivity contribution in [2.45, 2.75) is 27.2 Å². The van der Waals surface area contributed by atoms with E-state index in [-0.39, 0.29) is 23.7 Å². The summed E-state index contributed by atoms with van der Waals surface area (Å²) in [6, 6.07) is 11.7. The average molecular weight is 506 g/mol. The Morgan fingerprint density at radius 1 is 1.03 bits per heavy atom. The predicted octanol–water partition coefficient (Wildman–Crippen LogP) is 4.99. The second-order valence-electron chi connectivity index (χ2n) is 8.47. The van der Waals surface area contributed by atoms with Crippen molar-refractivity contribution < 1.29 is 13.6 Å². The van der Waals surface area contributed by atoms with Gasteiger partial charge in [-0.3, -0.25) is 14.0 Å². The summed E-state index contributed by atoms with van der Waals surface area (Å²) in [4.78, 5) is 31.3. The number of aromatic nitrogens is 4. The highest BCUT2D eigenvalue weighted by Crippen LogP contribution is 2.25. The zero-order valence-electron chi connectivity index (χ0n) is 19.7. The Morgan fingerprint density at radius 3 is 2.50 bits per heavy atom.